The van der Waals surface area contributed by atoms with Crippen LogP contribution >= 0.6 is 0 Å². The average Bonchev–Trinajstić information content (AvgIpc) is 3.15. The van der Waals surface area contributed by atoms with Crippen LogP contribution in [0.15, 0.2) is 30.6 Å². The van der Waals surface area contributed by atoms with Crippen LogP contribution in [0, 0.1) is 5.92 Å². The zero-order chi connectivity index (χ0) is 16.9. The predicted octanol–water partition coefficient (Wildman–Crippen LogP) is 1.08. The summed E-state index contributed by atoms with van der Waals surface area (Å²) in [5.74, 6) is -0.0406. The topological polar surface area (TPSA) is 90.2 Å². The van der Waals surface area contributed by atoms with Gasteiger partial charge in [-0.2, -0.15) is 0 Å². The molecule has 0 radical (unpaired) electrons. The molecule has 0 saturated carbocycles. The number of amides is 1. The van der Waals surface area contributed by atoms with Gasteiger partial charge in [0.15, 0.2) is 6.61 Å². The lowest BCUT2D eigenvalue weighted by Crippen LogP contribution is -2.40. The zero-order valence-electron chi connectivity index (χ0n) is 13.5. The molecule has 0 atom stereocenters. The van der Waals surface area contributed by atoms with Gasteiger partial charge in [0.2, 0.25) is 0 Å². The number of nitrogens with zero attached hydrogens (tertiary/aromatic N) is 5. The van der Waals surface area contributed by atoms with Crippen molar-refractivity contribution in [2.75, 3.05) is 19.7 Å². The maximum Gasteiger partial charge on any atom is 0.338 e. The molecule has 0 N–H and O–H groups in total. The van der Waals surface area contributed by atoms with Gasteiger partial charge in [-0.25, -0.2) is 9.48 Å². The van der Waals surface area contributed by atoms with Gasteiger partial charge < -0.3 is 9.64 Å². The van der Waals surface area contributed by atoms with Crippen molar-refractivity contribution in [1.29, 1.82) is 0 Å². The van der Waals surface area contributed by atoms with Gasteiger partial charge in [-0.15, -0.1) is 5.10 Å². The number of piperidine rings is 1. The first-order valence-corrected chi connectivity index (χ1v) is 7.92. The molecule has 2 aromatic rings. The van der Waals surface area contributed by atoms with Crippen LogP contribution in [0.3, 0.4) is 0 Å². The Kier molecular flexibility index (Phi) is 4.83. The monoisotopic (exact) mass is 329 g/mol. The number of esters is 1. The molecule has 1 aromatic carbocycles. The quantitative estimate of drug-likeness (QED) is 0.780. The maximum atomic E-state index is 12.2. The Labute approximate surface area is 139 Å². The van der Waals surface area contributed by atoms with Gasteiger partial charge in [0, 0.05) is 13.1 Å². The normalized spacial score (nSPS) is 15.3. The number of ether oxygens (including phenoxy) is 1. The highest BCUT2D eigenvalue weighted by atomic mass is 16.5. The summed E-state index contributed by atoms with van der Waals surface area (Å²) >= 11 is 0. The summed E-state index contributed by atoms with van der Waals surface area (Å²) in [6.07, 6.45) is 3.42. The zero-order valence-corrected chi connectivity index (χ0v) is 13.5. The molecule has 1 aliphatic heterocycles. The van der Waals surface area contributed by atoms with E-state index in [9.17, 15) is 9.59 Å². The molecule has 1 aliphatic rings. The van der Waals surface area contributed by atoms with E-state index >= 15 is 0 Å². The van der Waals surface area contributed by atoms with E-state index in [0.29, 0.717) is 17.2 Å². The third kappa shape index (κ3) is 3.76. The third-order valence-electron chi connectivity index (χ3n) is 4.16. The van der Waals surface area contributed by atoms with E-state index in [2.05, 4.69) is 22.4 Å². The first-order chi connectivity index (χ1) is 11.6. The molecular formula is C16H19N5O3. The first kappa shape index (κ1) is 16.1. The Hall–Kier alpha value is -2.77. The van der Waals surface area contributed by atoms with Crippen molar-refractivity contribution in [3.63, 3.8) is 0 Å². The molecule has 8 heteroatoms. The Morgan fingerprint density at radius 2 is 2.08 bits per heavy atom. The van der Waals surface area contributed by atoms with Crippen LogP contribution in [-0.4, -0.2) is 56.7 Å². The van der Waals surface area contributed by atoms with Gasteiger partial charge in [0.1, 0.15) is 6.33 Å². The second-order valence-corrected chi connectivity index (χ2v) is 5.94. The van der Waals surface area contributed by atoms with Crippen LogP contribution in [0.1, 0.15) is 30.1 Å². The minimum atomic E-state index is -0.538. The van der Waals surface area contributed by atoms with Gasteiger partial charge in [0.25, 0.3) is 5.91 Å². The predicted molar refractivity (Wildman–Crippen MR) is 84.4 cm³/mol. The number of hydrogen-bond donors (Lipinski definition) is 0. The summed E-state index contributed by atoms with van der Waals surface area (Å²) in [6, 6.07) is 6.73. The summed E-state index contributed by atoms with van der Waals surface area (Å²) in [6.45, 7) is 3.40. The van der Waals surface area contributed by atoms with Crippen LogP contribution in [-0.2, 0) is 9.53 Å². The lowest BCUT2D eigenvalue weighted by Gasteiger charge is -2.30. The van der Waals surface area contributed by atoms with Crippen molar-refractivity contribution in [3.8, 4) is 5.69 Å². The van der Waals surface area contributed by atoms with Gasteiger partial charge in [-0.3, -0.25) is 4.79 Å². The fourth-order valence-electron chi connectivity index (χ4n) is 2.61. The van der Waals surface area contributed by atoms with Crippen molar-refractivity contribution >= 4 is 11.9 Å². The molecule has 0 unspecified atom stereocenters. The molecule has 0 aliphatic carbocycles. The number of carbonyl (C=O) groups is 2. The summed E-state index contributed by atoms with van der Waals surface area (Å²) in [5, 5.41) is 10.9. The van der Waals surface area contributed by atoms with Crippen molar-refractivity contribution in [3.05, 3.63) is 36.2 Å². The summed E-state index contributed by atoms with van der Waals surface area (Å²) in [4.78, 5) is 26.0. The van der Waals surface area contributed by atoms with Crippen molar-refractivity contribution in [2.24, 2.45) is 5.92 Å². The molecule has 8 nitrogen and oxygen atoms in total. The molecule has 1 aromatic heterocycles. The lowest BCUT2D eigenvalue weighted by molar-refractivity contribution is -0.135. The van der Waals surface area contributed by atoms with E-state index in [0.717, 1.165) is 25.9 Å². The van der Waals surface area contributed by atoms with Crippen molar-refractivity contribution in [1.82, 2.24) is 25.1 Å². The van der Waals surface area contributed by atoms with E-state index in [1.807, 2.05) is 0 Å². The molecule has 24 heavy (non-hydrogen) atoms. The van der Waals surface area contributed by atoms with Gasteiger partial charge in [0.05, 0.1) is 11.3 Å². The molecule has 0 spiro atoms. The van der Waals surface area contributed by atoms with Crippen LogP contribution in [0.2, 0.25) is 0 Å². The number of tetrazole rings is 1. The summed E-state index contributed by atoms with van der Waals surface area (Å²) < 4.78 is 6.59. The molecule has 3 rings (SSSR count). The first-order valence-electron chi connectivity index (χ1n) is 7.92. The molecule has 1 amide bonds. The van der Waals surface area contributed by atoms with E-state index in [1.54, 1.807) is 29.2 Å². The molecule has 2 heterocycles. The number of rotatable bonds is 4. The molecular weight excluding hydrogens is 310 g/mol. The molecule has 126 valence electrons. The molecule has 1 fully saturated rings. The van der Waals surface area contributed by atoms with Crippen LogP contribution in [0.4, 0.5) is 0 Å². The van der Waals surface area contributed by atoms with E-state index in [-0.39, 0.29) is 12.5 Å². The van der Waals surface area contributed by atoms with Gasteiger partial charge in [-0.1, -0.05) is 13.0 Å². The highest BCUT2D eigenvalue weighted by Gasteiger charge is 2.21. The maximum absolute atomic E-state index is 12.2. The SMILES string of the molecule is CC1CCN(C(=O)COC(=O)c2cccc(-n3cnnn3)c2)CC1. The third-order valence-corrected chi connectivity index (χ3v) is 4.16. The van der Waals surface area contributed by atoms with Crippen LogP contribution in [0.25, 0.3) is 5.69 Å². The number of hydrogen-bond acceptors (Lipinski definition) is 6. The van der Waals surface area contributed by atoms with Crippen LogP contribution < -0.4 is 0 Å². The Morgan fingerprint density at radius 3 is 2.79 bits per heavy atom. The summed E-state index contributed by atoms with van der Waals surface area (Å²) in [5.41, 5.74) is 0.994. The van der Waals surface area contributed by atoms with E-state index in [1.165, 1.54) is 11.0 Å². The Bertz CT molecular complexity index is 708. The largest absolute Gasteiger partial charge is 0.452 e. The molecule has 0 bridgehead atoms. The Morgan fingerprint density at radius 1 is 1.29 bits per heavy atom. The lowest BCUT2D eigenvalue weighted by atomic mass is 9.99. The second kappa shape index (κ2) is 7.20. The van der Waals surface area contributed by atoms with Crippen molar-refractivity contribution < 1.29 is 14.3 Å². The number of carbonyl (C=O) groups excluding carboxylic acids is 2. The Balaban J connectivity index is 1.57. The van der Waals surface area contributed by atoms with Crippen LogP contribution in [0.5, 0.6) is 0 Å². The number of benzene rings is 1. The second-order valence-electron chi connectivity index (χ2n) is 5.94. The van der Waals surface area contributed by atoms with Gasteiger partial charge >= 0.3 is 5.97 Å². The minimum absolute atomic E-state index is 0.146. The molecule has 1 saturated heterocycles. The van der Waals surface area contributed by atoms with Crippen molar-refractivity contribution in [2.45, 2.75) is 19.8 Å². The standard InChI is InChI=1S/C16H19N5O3/c1-12-5-7-20(8-6-12)15(22)10-24-16(23)13-3-2-4-14(9-13)21-11-17-18-19-21/h2-4,9,11-12H,5-8,10H2,1H3. The van der Waals surface area contributed by atoms with E-state index in [4.69, 9.17) is 4.74 Å². The average molecular weight is 329 g/mol. The smallest absolute Gasteiger partial charge is 0.338 e. The van der Waals surface area contributed by atoms with Gasteiger partial charge in [-0.05, 0) is 47.4 Å². The number of likely N-dealkylation sites (tertiary alicyclic amines) is 1. The highest BCUT2D eigenvalue weighted by Crippen LogP contribution is 2.16. The fourth-order valence-corrected chi connectivity index (χ4v) is 2.61. The highest BCUT2D eigenvalue weighted by molar-refractivity contribution is 5.91. The minimum Gasteiger partial charge on any atom is -0.452 e. The fraction of sp³-hybridized carbons (Fsp3) is 0.438. The van der Waals surface area contributed by atoms with E-state index < -0.39 is 5.97 Å². The summed E-state index contributed by atoms with van der Waals surface area (Å²) in [7, 11) is 0. The number of aromatic nitrogens is 4.